The molecule has 60 valence electrons. The second-order valence-electron chi connectivity index (χ2n) is 2.73. The molecule has 0 aromatic carbocycles. The summed E-state index contributed by atoms with van der Waals surface area (Å²) in [6, 6.07) is 0. The van der Waals surface area contributed by atoms with Gasteiger partial charge in [0.15, 0.2) is 0 Å². The van der Waals surface area contributed by atoms with Gasteiger partial charge in [-0.1, -0.05) is 13.8 Å². The number of rotatable bonds is 4. The molecule has 0 atom stereocenters. The lowest BCUT2D eigenvalue weighted by molar-refractivity contribution is -0.155. The lowest BCUT2D eigenvalue weighted by Gasteiger charge is -2.29. The van der Waals surface area contributed by atoms with E-state index in [1.54, 1.807) is 0 Å². The quantitative estimate of drug-likeness (QED) is 0.596. The van der Waals surface area contributed by atoms with Crippen LogP contribution in [0.4, 0.5) is 0 Å². The molecule has 1 fully saturated rings. The van der Waals surface area contributed by atoms with Crippen LogP contribution in [0.25, 0.3) is 0 Å². The van der Waals surface area contributed by atoms with Crippen molar-refractivity contribution in [3.8, 4) is 0 Å². The molecule has 1 aliphatic rings. The highest BCUT2D eigenvalue weighted by molar-refractivity contribution is 4.67. The Labute approximate surface area is 62.5 Å². The maximum atomic E-state index is 5.66. The van der Waals surface area contributed by atoms with Gasteiger partial charge >= 0.3 is 0 Å². The van der Waals surface area contributed by atoms with Crippen LogP contribution in [0.15, 0.2) is 0 Å². The first-order valence-corrected chi connectivity index (χ1v) is 4.10. The lowest BCUT2D eigenvalue weighted by atomic mass is 10.2. The molecule has 0 N–H and O–H groups in total. The average Bonchev–Trinajstić information content (AvgIpc) is 1.87. The van der Waals surface area contributed by atoms with Crippen LogP contribution in [0.3, 0.4) is 0 Å². The van der Waals surface area contributed by atoms with Crippen molar-refractivity contribution in [1.29, 1.82) is 0 Å². The van der Waals surface area contributed by atoms with Crippen molar-refractivity contribution >= 4 is 0 Å². The van der Waals surface area contributed by atoms with Gasteiger partial charge in [0, 0.05) is 0 Å². The Balaban J connectivity index is 2.08. The molecule has 0 aromatic rings. The summed E-state index contributed by atoms with van der Waals surface area (Å²) in [5.74, 6) is 0. The highest BCUT2D eigenvalue weighted by Crippen LogP contribution is 2.12. The van der Waals surface area contributed by atoms with Crippen LogP contribution in [0.2, 0.25) is 0 Å². The molecular formula is C8H16O2. The van der Waals surface area contributed by atoms with E-state index in [0.717, 1.165) is 26.1 Å². The van der Waals surface area contributed by atoms with Gasteiger partial charge in [-0.15, -0.1) is 0 Å². The van der Waals surface area contributed by atoms with E-state index >= 15 is 0 Å². The summed E-state index contributed by atoms with van der Waals surface area (Å²) >= 11 is 0. The standard InChI is InChI=1S/C8H16O2/c1-3-7(4-2)10-8-5-9-6-8/h7-8H,3-6H2,1-2H3. The Bertz CT molecular complexity index is 85.3. The first-order valence-electron chi connectivity index (χ1n) is 4.10. The topological polar surface area (TPSA) is 18.5 Å². The van der Waals surface area contributed by atoms with Crippen molar-refractivity contribution in [1.82, 2.24) is 0 Å². The zero-order valence-corrected chi connectivity index (χ0v) is 6.80. The third-order valence-electron chi connectivity index (χ3n) is 1.90. The predicted octanol–water partition coefficient (Wildman–Crippen LogP) is 1.59. The molecule has 0 bridgehead atoms. The minimum absolute atomic E-state index is 0.393. The molecule has 0 saturated carbocycles. The highest BCUT2D eigenvalue weighted by Gasteiger charge is 2.21. The molecule has 0 aromatic heterocycles. The van der Waals surface area contributed by atoms with Gasteiger partial charge in [-0.05, 0) is 12.8 Å². The first-order chi connectivity index (χ1) is 4.86. The smallest absolute Gasteiger partial charge is 0.104 e. The zero-order valence-electron chi connectivity index (χ0n) is 6.80. The van der Waals surface area contributed by atoms with E-state index in [9.17, 15) is 0 Å². The molecule has 2 heteroatoms. The molecule has 2 nitrogen and oxygen atoms in total. The van der Waals surface area contributed by atoms with Crippen molar-refractivity contribution in [3.63, 3.8) is 0 Å². The SMILES string of the molecule is CCC(CC)OC1COC1. The van der Waals surface area contributed by atoms with Gasteiger partial charge in [-0.3, -0.25) is 0 Å². The third kappa shape index (κ3) is 1.96. The summed E-state index contributed by atoms with van der Waals surface area (Å²) in [6.45, 7) is 5.92. The number of hydrogen-bond donors (Lipinski definition) is 0. The molecule has 0 radical (unpaired) electrons. The maximum Gasteiger partial charge on any atom is 0.104 e. The van der Waals surface area contributed by atoms with Gasteiger partial charge in [-0.2, -0.15) is 0 Å². The molecule has 1 saturated heterocycles. The van der Waals surface area contributed by atoms with E-state index in [1.165, 1.54) is 0 Å². The molecule has 0 amide bonds. The lowest BCUT2D eigenvalue weighted by Crippen LogP contribution is -2.38. The number of hydrogen-bond acceptors (Lipinski definition) is 2. The first kappa shape index (κ1) is 8.02. The van der Waals surface area contributed by atoms with Gasteiger partial charge < -0.3 is 9.47 Å². The fourth-order valence-corrected chi connectivity index (χ4v) is 1.05. The van der Waals surface area contributed by atoms with E-state index in [1.807, 2.05) is 0 Å². The van der Waals surface area contributed by atoms with Gasteiger partial charge in [0.1, 0.15) is 6.10 Å². The Morgan fingerprint density at radius 3 is 2.30 bits per heavy atom. The molecular weight excluding hydrogens is 128 g/mol. The van der Waals surface area contributed by atoms with E-state index < -0.39 is 0 Å². The largest absolute Gasteiger partial charge is 0.376 e. The Morgan fingerprint density at radius 1 is 1.40 bits per heavy atom. The second kappa shape index (κ2) is 3.94. The van der Waals surface area contributed by atoms with Crippen LogP contribution < -0.4 is 0 Å². The second-order valence-corrected chi connectivity index (χ2v) is 2.73. The fourth-order valence-electron chi connectivity index (χ4n) is 1.05. The molecule has 1 aliphatic heterocycles. The van der Waals surface area contributed by atoms with Crippen molar-refractivity contribution in [3.05, 3.63) is 0 Å². The van der Waals surface area contributed by atoms with Gasteiger partial charge in [-0.25, -0.2) is 0 Å². The van der Waals surface area contributed by atoms with Crippen molar-refractivity contribution in [2.75, 3.05) is 13.2 Å². The van der Waals surface area contributed by atoms with Crippen LogP contribution in [-0.2, 0) is 9.47 Å². The molecule has 0 spiro atoms. The summed E-state index contributed by atoms with van der Waals surface area (Å²) in [5, 5.41) is 0. The Morgan fingerprint density at radius 2 is 2.00 bits per heavy atom. The van der Waals surface area contributed by atoms with Gasteiger partial charge in [0.2, 0.25) is 0 Å². The predicted molar refractivity (Wildman–Crippen MR) is 40.1 cm³/mol. The monoisotopic (exact) mass is 144 g/mol. The van der Waals surface area contributed by atoms with Crippen LogP contribution in [0.1, 0.15) is 26.7 Å². The van der Waals surface area contributed by atoms with Crippen molar-refractivity contribution < 1.29 is 9.47 Å². The third-order valence-corrected chi connectivity index (χ3v) is 1.90. The Kier molecular flexibility index (Phi) is 3.16. The molecule has 10 heavy (non-hydrogen) atoms. The summed E-state index contributed by atoms with van der Waals surface area (Å²) < 4.78 is 10.7. The molecule has 1 rings (SSSR count). The summed E-state index contributed by atoms with van der Waals surface area (Å²) in [5.41, 5.74) is 0. The zero-order chi connectivity index (χ0) is 7.40. The average molecular weight is 144 g/mol. The van der Waals surface area contributed by atoms with Crippen molar-refractivity contribution in [2.24, 2.45) is 0 Å². The maximum absolute atomic E-state index is 5.66. The molecule has 1 heterocycles. The summed E-state index contributed by atoms with van der Waals surface area (Å²) in [7, 11) is 0. The van der Waals surface area contributed by atoms with Crippen LogP contribution in [0, 0.1) is 0 Å². The van der Waals surface area contributed by atoms with Gasteiger partial charge in [0.25, 0.3) is 0 Å². The van der Waals surface area contributed by atoms with Crippen LogP contribution in [-0.4, -0.2) is 25.4 Å². The normalized spacial score (nSPS) is 19.5. The molecule has 0 aliphatic carbocycles. The van der Waals surface area contributed by atoms with Crippen LogP contribution in [0.5, 0.6) is 0 Å². The highest BCUT2D eigenvalue weighted by atomic mass is 16.6. The van der Waals surface area contributed by atoms with E-state index in [0.29, 0.717) is 12.2 Å². The summed E-state index contributed by atoms with van der Waals surface area (Å²) in [6.07, 6.45) is 3.08. The van der Waals surface area contributed by atoms with E-state index in [4.69, 9.17) is 9.47 Å². The summed E-state index contributed by atoms with van der Waals surface area (Å²) in [4.78, 5) is 0. The van der Waals surface area contributed by atoms with E-state index in [-0.39, 0.29) is 0 Å². The van der Waals surface area contributed by atoms with Crippen LogP contribution >= 0.6 is 0 Å². The van der Waals surface area contributed by atoms with Gasteiger partial charge in [0.05, 0.1) is 19.3 Å². The molecule has 0 unspecified atom stereocenters. The minimum atomic E-state index is 0.393. The van der Waals surface area contributed by atoms with Crippen molar-refractivity contribution in [2.45, 2.75) is 38.9 Å². The minimum Gasteiger partial charge on any atom is -0.376 e. The number of ether oxygens (including phenoxy) is 2. The Hall–Kier alpha value is -0.0800. The van der Waals surface area contributed by atoms with E-state index in [2.05, 4.69) is 13.8 Å². The fraction of sp³-hybridized carbons (Fsp3) is 1.00.